The number of ketones is 1. The highest BCUT2D eigenvalue weighted by molar-refractivity contribution is 7.89. The van der Waals surface area contributed by atoms with Gasteiger partial charge in [0.1, 0.15) is 17.8 Å². The van der Waals surface area contributed by atoms with Crippen molar-refractivity contribution >= 4 is 38.4 Å². The molecule has 6 rings (SSSR count). The molecule has 3 aromatic carbocycles. The molecule has 11 nitrogen and oxygen atoms in total. The standard InChI is InChI=1S/C31H28N4O7S/c36-22-13-11-20(12-14-22)18-25(32-30(38)24-9-5-7-21-6-1-2-8-23(21)24)31(39)33-17-15-26-29(33)27(37)19-35(26)43(41,42)28-10-3-4-16-34(28)40/h1-14,16,25-26,29,36H,15,17-19H2,(H,32,38). The van der Waals surface area contributed by atoms with E-state index in [-0.39, 0.29) is 29.9 Å². The molecule has 1 aromatic heterocycles. The van der Waals surface area contributed by atoms with Gasteiger partial charge in [-0.15, -0.1) is 0 Å². The fourth-order valence-electron chi connectivity index (χ4n) is 6.00. The number of pyridine rings is 1. The molecule has 220 valence electrons. The molecule has 3 atom stereocenters. The van der Waals surface area contributed by atoms with Crippen molar-refractivity contribution in [2.75, 3.05) is 13.1 Å². The largest absolute Gasteiger partial charge is 0.618 e. The number of sulfonamides is 1. The van der Waals surface area contributed by atoms with Crippen LogP contribution >= 0.6 is 0 Å². The van der Waals surface area contributed by atoms with Crippen LogP contribution in [0.25, 0.3) is 10.8 Å². The fraction of sp³-hybridized carbons (Fsp3) is 0.226. The molecule has 0 radical (unpaired) electrons. The average molecular weight is 601 g/mol. The van der Waals surface area contributed by atoms with Crippen LogP contribution in [0.5, 0.6) is 5.75 Å². The minimum absolute atomic E-state index is 0.0458. The number of fused-ring (bicyclic) bond motifs is 2. The maximum atomic E-state index is 14.1. The molecule has 2 N–H and O–H groups in total. The summed E-state index contributed by atoms with van der Waals surface area (Å²) in [5.74, 6) is -1.42. The van der Waals surface area contributed by atoms with Crippen molar-refractivity contribution < 1.29 is 32.6 Å². The van der Waals surface area contributed by atoms with Crippen molar-refractivity contribution in [2.45, 2.75) is 36.0 Å². The van der Waals surface area contributed by atoms with Crippen molar-refractivity contribution in [3.05, 3.63) is 107 Å². The lowest BCUT2D eigenvalue weighted by Gasteiger charge is -2.28. The van der Waals surface area contributed by atoms with Gasteiger partial charge in [0.2, 0.25) is 5.91 Å². The number of aromatic hydroxyl groups is 1. The minimum atomic E-state index is -4.32. The Hall–Kier alpha value is -4.81. The molecular weight excluding hydrogens is 572 g/mol. The second-order valence-corrected chi connectivity index (χ2v) is 12.5. The van der Waals surface area contributed by atoms with Gasteiger partial charge in [-0.1, -0.05) is 48.5 Å². The van der Waals surface area contributed by atoms with Crippen LogP contribution in [0.2, 0.25) is 0 Å². The highest BCUT2D eigenvalue weighted by atomic mass is 32.2. The molecule has 2 fully saturated rings. The quantitative estimate of drug-likeness (QED) is 0.242. The SMILES string of the molecule is O=C(NC(Cc1ccc(O)cc1)C(=O)N1CCC2C1C(=O)CN2S(=O)(=O)c1cccc[n+]1[O-])c1cccc2ccccc12. The van der Waals surface area contributed by atoms with Crippen molar-refractivity contribution in [3.63, 3.8) is 0 Å². The van der Waals surface area contributed by atoms with Crippen LogP contribution in [0.4, 0.5) is 0 Å². The van der Waals surface area contributed by atoms with Crippen molar-refractivity contribution in [3.8, 4) is 5.75 Å². The van der Waals surface area contributed by atoms with Crippen LogP contribution in [-0.4, -0.2) is 71.5 Å². The molecule has 2 saturated heterocycles. The summed E-state index contributed by atoms with van der Waals surface area (Å²) in [4.78, 5) is 42.3. The van der Waals surface area contributed by atoms with Crippen LogP contribution in [0, 0.1) is 5.21 Å². The second-order valence-electron chi connectivity index (χ2n) is 10.6. The number of benzene rings is 3. The number of hydrogen-bond donors (Lipinski definition) is 2. The molecule has 3 heterocycles. The van der Waals surface area contributed by atoms with Gasteiger partial charge >= 0.3 is 15.0 Å². The van der Waals surface area contributed by atoms with Crippen LogP contribution in [0.1, 0.15) is 22.3 Å². The topological polar surface area (TPSA) is 151 Å². The van der Waals surface area contributed by atoms with Crippen molar-refractivity contribution in [2.24, 2.45) is 0 Å². The zero-order valence-electron chi connectivity index (χ0n) is 22.9. The number of phenolic OH excluding ortho intramolecular Hbond substituents is 1. The van der Waals surface area contributed by atoms with E-state index in [1.54, 1.807) is 24.3 Å². The molecular formula is C31H28N4O7S. The van der Waals surface area contributed by atoms with Gasteiger partial charge in [0.25, 0.3) is 5.91 Å². The first kappa shape index (κ1) is 28.3. The molecule has 0 aliphatic carbocycles. The molecule has 3 unspecified atom stereocenters. The number of carbonyl (C=O) groups is 3. The van der Waals surface area contributed by atoms with Gasteiger partial charge < -0.3 is 20.5 Å². The number of carbonyl (C=O) groups excluding carboxylic acids is 3. The summed E-state index contributed by atoms with van der Waals surface area (Å²) in [6.07, 6.45) is 1.33. The van der Waals surface area contributed by atoms with Gasteiger partial charge in [0.15, 0.2) is 12.0 Å². The summed E-state index contributed by atoms with van der Waals surface area (Å²) in [6, 6.07) is 19.9. The van der Waals surface area contributed by atoms with E-state index in [4.69, 9.17) is 0 Å². The summed E-state index contributed by atoms with van der Waals surface area (Å²) < 4.78 is 28.0. The Morgan fingerprint density at radius 2 is 1.72 bits per heavy atom. The van der Waals surface area contributed by atoms with Crippen LogP contribution < -0.4 is 10.0 Å². The van der Waals surface area contributed by atoms with E-state index in [1.165, 1.54) is 35.2 Å². The molecule has 43 heavy (non-hydrogen) atoms. The Balaban J connectivity index is 1.29. The Kier molecular flexibility index (Phi) is 7.32. The Morgan fingerprint density at radius 1 is 1.00 bits per heavy atom. The van der Waals surface area contributed by atoms with E-state index in [9.17, 15) is 33.1 Å². The molecule has 0 saturated carbocycles. The van der Waals surface area contributed by atoms with Crippen LogP contribution in [0.3, 0.4) is 0 Å². The lowest BCUT2D eigenvalue weighted by atomic mass is 10.0. The first-order valence-corrected chi connectivity index (χ1v) is 15.2. The van der Waals surface area contributed by atoms with Gasteiger partial charge in [-0.25, -0.2) is 8.42 Å². The average Bonchev–Trinajstić information content (AvgIpc) is 3.58. The van der Waals surface area contributed by atoms with E-state index >= 15 is 0 Å². The lowest BCUT2D eigenvalue weighted by molar-refractivity contribution is -0.646. The third-order valence-corrected chi connectivity index (χ3v) is 9.90. The van der Waals surface area contributed by atoms with E-state index in [2.05, 4.69) is 5.32 Å². The highest BCUT2D eigenvalue weighted by Gasteiger charge is 2.55. The molecule has 2 aliphatic rings. The van der Waals surface area contributed by atoms with Crippen molar-refractivity contribution in [1.82, 2.24) is 14.5 Å². The van der Waals surface area contributed by atoms with E-state index in [1.807, 2.05) is 30.3 Å². The van der Waals surface area contributed by atoms with Crippen molar-refractivity contribution in [1.29, 1.82) is 0 Å². The summed E-state index contributed by atoms with van der Waals surface area (Å²) >= 11 is 0. The van der Waals surface area contributed by atoms with Gasteiger partial charge in [-0.2, -0.15) is 9.04 Å². The van der Waals surface area contributed by atoms with E-state index in [0.29, 0.717) is 16.5 Å². The highest BCUT2D eigenvalue weighted by Crippen LogP contribution is 2.34. The number of phenols is 1. The number of Topliss-reactive ketones (excluding diaryl/α,β-unsaturated/α-hetero) is 1. The predicted molar refractivity (Wildman–Crippen MR) is 155 cm³/mol. The Bertz CT molecular complexity index is 1840. The third-order valence-electron chi connectivity index (χ3n) is 8.04. The summed E-state index contributed by atoms with van der Waals surface area (Å²) in [6.45, 7) is -0.379. The normalized spacial score (nSPS) is 19.3. The number of aromatic nitrogens is 1. The fourth-order valence-corrected chi connectivity index (χ4v) is 7.65. The number of nitrogens with one attached hydrogen (secondary N) is 1. The molecule has 12 heteroatoms. The first-order chi connectivity index (χ1) is 20.6. The maximum absolute atomic E-state index is 14.1. The Labute approximate surface area is 247 Å². The zero-order valence-corrected chi connectivity index (χ0v) is 23.7. The van der Waals surface area contributed by atoms with Gasteiger partial charge in [0.05, 0.1) is 12.6 Å². The predicted octanol–water partition coefficient (Wildman–Crippen LogP) is 1.76. The summed E-state index contributed by atoms with van der Waals surface area (Å²) in [7, 11) is -4.32. The van der Waals surface area contributed by atoms with E-state index in [0.717, 1.165) is 15.9 Å². The zero-order chi connectivity index (χ0) is 30.3. The Morgan fingerprint density at radius 3 is 2.49 bits per heavy atom. The molecule has 0 bridgehead atoms. The number of likely N-dealkylation sites (tertiary alicyclic amines) is 1. The van der Waals surface area contributed by atoms with E-state index < -0.39 is 57.3 Å². The third kappa shape index (κ3) is 5.19. The monoisotopic (exact) mass is 600 g/mol. The van der Waals surface area contributed by atoms with Gasteiger partial charge in [-0.05, 0) is 47.0 Å². The summed E-state index contributed by atoms with van der Waals surface area (Å²) in [5.41, 5.74) is 1.04. The summed E-state index contributed by atoms with van der Waals surface area (Å²) in [5, 5.41) is 25.9. The molecule has 0 spiro atoms. The second kappa shape index (κ2) is 11.1. The first-order valence-electron chi connectivity index (χ1n) is 13.7. The van der Waals surface area contributed by atoms with Crippen LogP contribution in [0.15, 0.2) is 96.2 Å². The smallest absolute Gasteiger partial charge is 0.323 e. The molecule has 2 amide bonds. The minimum Gasteiger partial charge on any atom is -0.618 e. The van der Waals surface area contributed by atoms with Gasteiger partial charge in [-0.3, -0.25) is 14.4 Å². The lowest BCUT2D eigenvalue weighted by Crippen LogP contribution is -2.53. The van der Waals surface area contributed by atoms with Gasteiger partial charge in [0, 0.05) is 30.7 Å². The molecule has 2 aliphatic heterocycles. The number of hydrogen-bond acceptors (Lipinski definition) is 7. The number of nitrogens with zero attached hydrogens (tertiary/aromatic N) is 3. The number of amides is 2. The number of rotatable bonds is 7. The molecule has 4 aromatic rings. The maximum Gasteiger partial charge on any atom is 0.323 e. The van der Waals surface area contributed by atoms with Crippen LogP contribution in [-0.2, 0) is 26.0 Å².